The van der Waals surface area contributed by atoms with Crippen molar-refractivity contribution in [2.24, 2.45) is 23.7 Å². The van der Waals surface area contributed by atoms with Gasteiger partial charge in [-0.3, -0.25) is 52.7 Å². The van der Waals surface area contributed by atoms with Crippen molar-refractivity contribution in [3.8, 4) is 0 Å². The summed E-state index contributed by atoms with van der Waals surface area (Å²) in [6.07, 6.45) is -1.18. The maximum atomic E-state index is 15.0. The highest BCUT2D eigenvalue weighted by Gasteiger charge is 2.47. The highest BCUT2D eigenvalue weighted by Crippen LogP contribution is 2.36. The molecule has 11 amide bonds. The Morgan fingerprint density at radius 1 is 0.606 bits per heavy atom. The van der Waals surface area contributed by atoms with Crippen molar-refractivity contribution >= 4 is 76.6 Å². The number of fused-ring (bicyclic) bond motifs is 2. The molecule has 26 heteroatoms. The molecular formula is C68H99ClF3N11O11. The van der Waals surface area contributed by atoms with Crippen molar-refractivity contribution in [3.63, 3.8) is 0 Å². The molecule has 6 rings (SSSR count). The molecule has 1 aliphatic carbocycles. The van der Waals surface area contributed by atoms with E-state index in [1.807, 2.05) is 39.8 Å². The van der Waals surface area contributed by atoms with Gasteiger partial charge in [-0.1, -0.05) is 108 Å². The smallest absolute Gasteiger partial charge is 0.351 e. The van der Waals surface area contributed by atoms with E-state index < -0.39 is 161 Å². The number of carbonyl (C=O) groups excluding carboxylic acids is 11. The molecule has 3 heterocycles. The summed E-state index contributed by atoms with van der Waals surface area (Å²) in [5.41, 5.74) is 0.807. The number of amides is 11. The molecule has 4 N–H and O–H groups in total. The number of nitrogens with zero attached hydrogens (tertiary/aromatic N) is 7. The summed E-state index contributed by atoms with van der Waals surface area (Å²) >= 11 is 6.12. The van der Waals surface area contributed by atoms with Crippen LogP contribution in [-0.4, -0.2) is 215 Å². The van der Waals surface area contributed by atoms with Gasteiger partial charge in [-0.05, 0) is 119 Å². The van der Waals surface area contributed by atoms with Gasteiger partial charge in [0, 0.05) is 67.2 Å². The monoisotopic (exact) mass is 1340 g/mol. The fourth-order valence-corrected chi connectivity index (χ4v) is 13.4. The number of benzene rings is 2. The molecule has 0 spiro atoms. The highest BCUT2D eigenvalue weighted by atomic mass is 35.5. The third-order valence-electron chi connectivity index (χ3n) is 19.4. The average molecular weight is 1340 g/mol. The van der Waals surface area contributed by atoms with E-state index in [9.17, 15) is 61.1 Å². The molecule has 2 aromatic rings. The van der Waals surface area contributed by atoms with Crippen LogP contribution < -0.4 is 21.3 Å². The lowest BCUT2D eigenvalue weighted by Gasteiger charge is -2.45. The summed E-state index contributed by atoms with van der Waals surface area (Å²) in [7, 11) is 7.18. The Labute approximate surface area is 556 Å². The Kier molecular flexibility index (Phi) is 26.5. The average Bonchev–Trinajstić information content (AvgIpc) is 0.863. The lowest BCUT2D eigenvalue weighted by Crippen LogP contribution is -2.65. The Hall–Kier alpha value is -7.31. The van der Waals surface area contributed by atoms with Gasteiger partial charge in [0.2, 0.25) is 65.0 Å². The Morgan fingerprint density at radius 3 is 1.79 bits per heavy atom. The van der Waals surface area contributed by atoms with E-state index in [0.29, 0.717) is 36.8 Å². The number of likely N-dealkylation sites (N-methyl/N-ethyl adjacent to an activating group) is 5. The second-order valence-electron chi connectivity index (χ2n) is 27.3. The molecule has 94 heavy (non-hydrogen) atoms. The van der Waals surface area contributed by atoms with Crippen molar-refractivity contribution in [2.75, 3.05) is 54.9 Å². The van der Waals surface area contributed by atoms with Gasteiger partial charge in [-0.15, -0.1) is 0 Å². The van der Waals surface area contributed by atoms with Crippen LogP contribution in [0.3, 0.4) is 0 Å². The summed E-state index contributed by atoms with van der Waals surface area (Å²) < 4.78 is 41.4. The molecule has 1 saturated carbocycles. The Morgan fingerprint density at radius 2 is 1.21 bits per heavy atom. The van der Waals surface area contributed by atoms with Gasteiger partial charge in [-0.2, -0.15) is 13.2 Å². The SMILES string of the molecule is CC[C@H](C)[C@@H]1NC(=O)[C@H](CC(C)C)N(C)C(=O)C[C@@H](C)NC(=O)[C@H](C2CCCC2)N(C)C(=O)[C@@H](C(C)C)NC(=O)[C@@H]2CCCN2C(=O)[C@H](CCc2ccc(C(F)(F)F)c(Cl)c2)NC(=O)CN(C)C(=O)[C@H](Cc2ccc(C)cc2)N(C)C(=O)[C@@H]2CCN2C(=O)[C@H](C)N(C)C1=O. The molecular weight excluding hydrogens is 1240 g/mol. The predicted octanol–water partition coefficient (Wildman–Crippen LogP) is 5.52. The van der Waals surface area contributed by atoms with E-state index in [-0.39, 0.29) is 69.9 Å². The number of nitrogens with one attached hydrogen (secondary N) is 4. The Bertz CT molecular complexity index is 3090. The van der Waals surface area contributed by atoms with Crippen LogP contribution in [0.2, 0.25) is 5.02 Å². The zero-order valence-corrected chi connectivity index (χ0v) is 57.8. The van der Waals surface area contributed by atoms with Crippen LogP contribution in [0.4, 0.5) is 13.2 Å². The van der Waals surface area contributed by atoms with Crippen molar-refractivity contribution in [1.29, 1.82) is 0 Å². The van der Waals surface area contributed by atoms with Gasteiger partial charge < -0.3 is 55.6 Å². The van der Waals surface area contributed by atoms with Gasteiger partial charge in [-0.25, -0.2) is 0 Å². The van der Waals surface area contributed by atoms with Gasteiger partial charge in [0.15, 0.2) is 0 Å². The van der Waals surface area contributed by atoms with Crippen molar-refractivity contribution in [1.82, 2.24) is 55.6 Å². The van der Waals surface area contributed by atoms with Crippen LogP contribution >= 0.6 is 11.6 Å². The van der Waals surface area contributed by atoms with Crippen molar-refractivity contribution in [2.45, 2.75) is 212 Å². The lowest BCUT2D eigenvalue weighted by atomic mass is 9.93. The number of aryl methyl sites for hydroxylation is 2. The molecule has 3 saturated heterocycles. The minimum atomic E-state index is -4.75. The normalized spacial score (nSPS) is 27.1. The first-order chi connectivity index (χ1) is 44.1. The van der Waals surface area contributed by atoms with Gasteiger partial charge in [0.05, 0.1) is 17.1 Å². The first kappa shape index (κ1) is 75.7. The molecule has 0 aromatic heterocycles. The zero-order chi connectivity index (χ0) is 70.0. The molecule has 4 aliphatic rings. The fraction of sp³-hybridized carbons (Fsp3) is 0.662. The minimum absolute atomic E-state index is 0.0311. The first-order valence-corrected chi connectivity index (χ1v) is 33.5. The Balaban J connectivity index is 1.39. The summed E-state index contributed by atoms with van der Waals surface area (Å²) in [4.78, 5) is 170. The standard InChI is InChI=1S/C68H99ClF3N11O11/c1-15-41(7)57-67(94)78(11)43(9)62(89)83-32-30-51(83)65(92)80(13)53(36-45-24-22-40(6)23-25-45)64(91)77(10)37-54(84)74-49(29-27-44-26-28-47(48(69)35-44)68(70,71)72)63(90)82-31-18-21-50(82)59(86)75-56(39(4)5)66(93)81(14)58(46-19-16-17-20-46)61(88)73-42(8)34-55(85)79(12)52(33-38(2)3)60(87)76-57/h22-26,28,35,38-39,41-43,46,49-53,56-58H,15-21,27,29-34,36-37H2,1-14H3,(H,73,88)(H,74,84)(H,75,86)(H,76,87)/t41-,42+,43-,49-,50-,51-,52-,53-,56+,57-,58-/m0/s1. The zero-order valence-electron chi connectivity index (χ0n) is 57.1. The molecule has 0 radical (unpaired) electrons. The summed E-state index contributed by atoms with van der Waals surface area (Å²) in [5.74, 6) is -8.30. The number of hydrogen-bond donors (Lipinski definition) is 4. The van der Waals surface area contributed by atoms with Crippen molar-refractivity contribution < 1.29 is 65.9 Å². The van der Waals surface area contributed by atoms with Crippen molar-refractivity contribution in [3.05, 3.63) is 69.7 Å². The van der Waals surface area contributed by atoms with Crippen LogP contribution in [-0.2, 0) is 71.8 Å². The molecule has 11 atom stereocenters. The van der Waals surface area contributed by atoms with E-state index in [4.69, 9.17) is 11.6 Å². The van der Waals surface area contributed by atoms with Gasteiger partial charge in [0.1, 0.15) is 54.4 Å². The van der Waals surface area contributed by atoms with E-state index in [1.165, 1.54) is 77.6 Å². The van der Waals surface area contributed by atoms with Crippen LogP contribution in [0.1, 0.15) is 148 Å². The number of halogens is 4. The maximum Gasteiger partial charge on any atom is 0.417 e. The third-order valence-corrected chi connectivity index (χ3v) is 19.7. The minimum Gasteiger partial charge on any atom is -0.351 e. The molecule has 520 valence electrons. The van der Waals surface area contributed by atoms with Crippen LogP contribution in [0.15, 0.2) is 42.5 Å². The highest BCUT2D eigenvalue weighted by molar-refractivity contribution is 6.31. The second-order valence-corrected chi connectivity index (χ2v) is 27.7. The van der Waals surface area contributed by atoms with E-state index in [0.717, 1.165) is 35.4 Å². The van der Waals surface area contributed by atoms with E-state index in [1.54, 1.807) is 39.8 Å². The molecule has 2 aromatic carbocycles. The van der Waals surface area contributed by atoms with Crippen LogP contribution in [0.25, 0.3) is 0 Å². The summed E-state index contributed by atoms with van der Waals surface area (Å²) in [6.45, 7) is 15.4. The predicted molar refractivity (Wildman–Crippen MR) is 348 cm³/mol. The molecule has 4 fully saturated rings. The molecule has 0 unspecified atom stereocenters. The summed E-state index contributed by atoms with van der Waals surface area (Å²) in [6, 6.07) is -0.938. The van der Waals surface area contributed by atoms with Gasteiger partial charge >= 0.3 is 6.18 Å². The van der Waals surface area contributed by atoms with Crippen LogP contribution in [0.5, 0.6) is 0 Å². The number of alkyl halides is 3. The quantitative estimate of drug-likeness (QED) is 0.218. The number of rotatable bonds is 11. The molecule has 3 aliphatic heterocycles. The van der Waals surface area contributed by atoms with E-state index in [2.05, 4.69) is 21.3 Å². The number of hydrogen-bond acceptors (Lipinski definition) is 11. The number of carbonyl (C=O) groups is 11. The topological polar surface area (TPSA) is 259 Å². The second kappa shape index (κ2) is 32.9. The lowest BCUT2D eigenvalue weighted by molar-refractivity contribution is -0.160. The first-order valence-electron chi connectivity index (χ1n) is 33.1. The maximum absolute atomic E-state index is 15.0. The summed E-state index contributed by atoms with van der Waals surface area (Å²) in [5, 5.41) is 10.9. The van der Waals surface area contributed by atoms with Gasteiger partial charge in [0.25, 0.3) is 0 Å². The third kappa shape index (κ3) is 18.6. The van der Waals surface area contributed by atoms with Crippen LogP contribution in [0, 0.1) is 30.6 Å². The fourth-order valence-electron chi connectivity index (χ4n) is 13.1. The van der Waals surface area contributed by atoms with E-state index >= 15 is 4.79 Å². The molecule has 0 bridgehead atoms. The largest absolute Gasteiger partial charge is 0.417 e. The molecule has 22 nitrogen and oxygen atoms in total.